The Hall–Kier alpha value is -2.43. The molecule has 0 spiro atoms. The van der Waals surface area contributed by atoms with E-state index in [2.05, 4.69) is 28.3 Å². The van der Waals surface area contributed by atoms with E-state index in [1.54, 1.807) is 11.1 Å². The van der Waals surface area contributed by atoms with Gasteiger partial charge in [0.25, 0.3) is 5.91 Å². The van der Waals surface area contributed by atoms with E-state index in [9.17, 15) is 4.79 Å². The van der Waals surface area contributed by atoms with Gasteiger partial charge in [0.15, 0.2) is 0 Å². The van der Waals surface area contributed by atoms with Crippen LogP contribution < -0.4 is 5.32 Å². The summed E-state index contributed by atoms with van der Waals surface area (Å²) >= 11 is 0. The molecule has 0 atom stereocenters. The Bertz CT molecular complexity index is 648. The lowest BCUT2D eigenvalue weighted by atomic mass is 10.1. The number of hydrogen-bond acceptors (Lipinski definition) is 4. The number of benzene rings is 1. The first kappa shape index (κ1) is 15.9. The molecule has 116 valence electrons. The zero-order valence-corrected chi connectivity index (χ0v) is 13.6. The van der Waals surface area contributed by atoms with E-state index in [4.69, 9.17) is 0 Å². The standard InChI is InChI=1S/C17H22N4O/c1-5-21(6-2)17(22)15-10-19-16(11-18-15)20-14-8-7-12(3)9-13(14)4/h7-11H,5-6H2,1-4H3,(H,19,20). The molecule has 5 nitrogen and oxygen atoms in total. The molecule has 1 amide bonds. The van der Waals surface area contributed by atoms with Crippen LogP contribution in [0.25, 0.3) is 0 Å². The van der Waals surface area contributed by atoms with Crippen LogP contribution in [0.3, 0.4) is 0 Å². The minimum Gasteiger partial charge on any atom is -0.339 e. The maximum Gasteiger partial charge on any atom is 0.274 e. The summed E-state index contributed by atoms with van der Waals surface area (Å²) in [7, 11) is 0. The second-order valence-electron chi connectivity index (χ2n) is 5.21. The zero-order valence-electron chi connectivity index (χ0n) is 13.6. The summed E-state index contributed by atoms with van der Waals surface area (Å²) in [6.07, 6.45) is 3.11. The van der Waals surface area contributed by atoms with E-state index in [-0.39, 0.29) is 5.91 Å². The van der Waals surface area contributed by atoms with Crippen LogP contribution in [-0.4, -0.2) is 33.9 Å². The topological polar surface area (TPSA) is 58.1 Å². The second-order valence-corrected chi connectivity index (χ2v) is 5.21. The molecule has 0 saturated carbocycles. The fraction of sp³-hybridized carbons (Fsp3) is 0.353. The van der Waals surface area contributed by atoms with Gasteiger partial charge in [0, 0.05) is 18.8 Å². The first-order valence-electron chi connectivity index (χ1n) is 7.50. The van der Waals surface area contributed by atoms with Crippen LogP contribution in [0.4, 0.5) is 11.5 Å². The lowest BCUT2D eigenvalue weighted by Gasteiger charge is -2.17. The third-order valence-corrected chi connectivity index (χ3v) is 3.57. The highest BCUT2D eigenvalue weighted by atomic mass is 16.2. The average molecular weight is 298 g/mol. The predicted molar refractivity (Wildman–Crippen MR) is 88.5 cm³/mol. The highest BCUT2D eigenvalue weighted by Crippen LogP contribution is 2.19. The van der Waals surface area contributed by atoms with Gasteiger partial charge in [-0.3, -0.25) is 4.79 Å². The van der Waals surface area contributed by atoms with Gasteiger partial charge >= 0.3 is 0 Å². The van der Waals surface area contributed by atoms with Crippen molar-refractivity contribution in [3.8, 4) is 0 Å². The van der Waals surface area contributed by atoms with Gasteiger partial charge in [0.1, 0.15) is 11.5 Å². The molecule has 5 heteroatoms. The highest BCUT2D eigenvalue weighted by molar-refractivity contribution is 5.92. The molecule has 1 N–H and O–H groups in total. The number of rotatable bonds is 5. The van der Waals surface area contributed by atoms with Gasteiger partial charge in [-0.1, -0.05) is 17.7 Å². The van der Waals surface area contributed by atoms with Gasteiger partial charge in [-0.25, -0.2) is 9.97 Å². The van der Waals surface area contributed by atoms with Crippen molar-refractivity contribution in [1.29, 1.82) is 0 Å². The first-order chi connectivity index (χ1) is 10.5. The van der Waals surface area contributed by atoms with Gasteiger partial charge < -0.3 is 10.2 Å². The third-order valence-electron chi connectivity index (χ3n) is 3.57. The Morgan fingerprint density at radius 1 is 1.14 bits per heavy atom. The monoisotopic (exact) mass is 298 g/mol. The van der Waals surface area contributed by atoms with Crippen LogP contribution in [0.1, 0.15) is 35.5 Å². The second kappa shape index (κ2) is 7.02. The summed E-state index contributed by atoms with van der Waals surface area (Å²) in [5, 5.41) is 3.22. The lowest BCUT2D eigenvalue weighted by Crippen LogP contribution is -2.31. The average Bonchev–Trinajstić information content (AvgIpc) is 2.52. The highest BCUT2D eigenvalue weighted by Gasteiger charge is 2.14. The van der Waals surface area contributed by atoms with Crippen molar-refractivity contribution in [1.82, 2.24) is 14.9 Å². The molecule has 0 bridgehead atoms. The first-order valence-corrected chi connectivity index (χ1v) is 7.50. The molecule has 0 saturated heterocycles. The minimum atomic E-state index is -0.0874. The summed E-state index contributed by atoms with van der Waals surface area (Å²) in [5.41, 5.74) is 3.72. The minimum absolute atomic E-state index is 0.0874. The normalized spacial score (nSPS) is 10.4. The molecule has 2 aromatic rings. The number of nitrogens with one attached hydrogen (secondary N) is 1. The van der Waals surface area contributed by atoms with Gasteiger partial charge in [-0.05, 0) is 39.3 Å². The molecule has 0 aliphatic rings. The van der Waals surface area contributed by atoms with E-state index in [1.165, 1.54) is 11.8 Å². The number of aromatic nitrogens is 2. The number of anilines is 2. The molecule has 1 aromatic heterocycles. The van der Waals surface area contributed by atoms with Crippen molar-refractivity contribution < 1.29 is 4.79 Å². The van der Waals surface area contributed by atoms with E-state index < -0.39 is 0 Å². The molecule has 2 rings (SSSR count). The van der Waals surface area contributed by atoms with Crippen LogP contribution in [0.15, 0.2) is 30.6 Å². The van der Waals surface area contributed by atoms with Crippen molar-refractivity contribution in [2.24, 2.45) is 0 Å². The molecule has 0 unspecified atom stereocenters. The van der Waals surface area contributed by atoms with Crippen LogP contribution in [-0.2, 0) is 0 Å². The molecule has 0 radical (unpaired) electrons. The number of carbonyl (C=O) groups is 1. The molecular weight excluding hydrogens is 276 g/mol. The lowest BCUT2D eigenvalue weighted by molar-refractivity contribution is 0.0766. The molecule has 1 aromatic carbocycles. The Morgan fingerprint density at radius 2 is 1.86 bits per heavy atom. The number of aryl methyl sites for hydroxylation is 2. The Kier molecular flexibility index (Phi) is 5.09. The molecule has 0 fully saturated rings. The van der Waals surface area contributed by atoms with Crippen molar-refractivity contribution in [3.05, 3.63) is 47.4 Å². The molecular formula is C17H22N4O. The van der Waals surface area contributed by atoms with E-state index >= 15 is 0 Å². The van der Waals surface area contributed by atoms with Crippen molar-refractivity contribution in [2.45, 2.75) is 27.7 Å². The van der Waals surface area contributed by atoms with E-state index in [0.29, 0.717) is 24.6 Å². The predicted octanol–water partition coefficient (Wildman–Crippen LogP) is 3.32. The Morgan fingerprint density at radius 3 is 2.41 bits per heavy atom. The van der Waals surface area contributed by atoms with Crippen LogP contribution in [0.5, 0.6) is 0 Å². The molecule has 0 aliphatic heterocycles. The number of hydrogen-bond donors (Lipinski definition) is 1. The maximum atomic E-state index is 12.2. The Labute approximate surface area is 131 Å². The van der Waals surface area contributed by atoms with Crippen LogP contribution >= 0.6 is 0 Å². The van der Waals surface area contributed by atoms with Gasteiger partial charge in [-0.15, -0.1) is 0 Å². The smallest absolute Gasteiger partial charge is 0.274 e. The number of amides is 1. The summed E-state index contributed by atoms with van der Waals surface area (Å²) in [4.78, 5) is 22.4. The van der Waals surface area contributed by atoms with Crippen LogP contribution in [0, 0.1) is 13.8 Å². The van der Waals surface area contributed by atoms with Gasteiger partial charge in [0.05, 0.1) is 12.4 Å². The quantitative estimate of drug-likeness (QED) is 0.920. The van der Waals surface area contributed by atoms with Gasteiger partial charge in [0.2, 0.25) is 0 Å². The fourth-order valence-corrected chi connectivity index (χ4v) is 2.27. The summed E-state index contributed by atoms with van der Waals surface area (Å²) in [6, 6.07) is 6.16. The fourth-order valence-electron chi connectivity index (χ4n) is 2.27. The Balaban J connectivity index is 2.13. The van der Waals surface area contributed by atoms with Crippen LogP contribution in [0.2, 0.25) is 0 Å². The SMILES string of the molecule is CCN(CC)C(=O)c1cnc(Nc2ccc(C)cc2C)cn1. The largest absolute Gasteiger partial charge is 0.339 e. The third kappa shape index (κ3) is 3.61. The summed E-state index contributed by atoms with van der Waals surface area (Å²) in [5.74, 6) is 0.540. The van der Waals surface area contributed by atoms with Crippen molar-refractivity contribution in [2.75, 3.05) is 18.4 Å². The summed E-state index contributed by atoms with van der Waals surface area (Å²) < 4.78 is 0. The molecule has 0 aliphatic carbocycles. The summed E-state index contributed by atoms with van der Waals surface area (Å²) in [6.45, 7) is 9.33. The van der Waals surface area contributed by atoms with Crippen molar-refractivity contribution in [3.63, 3.8) is 0 Å². The molecule has 22 heavy (non-hydrogen) atoms. The molecule has 1 heterocycles. The number of nitrogens with zero attached hydrogens (tertiary/aromatic N) is 3. The van der Waals surface area contributed by atoms with E-state index in [1.807, 2.05) is 32.9 Å². The maximum absolute atomic E-state index is 12.2. The zero-order chi connectivity index (χ0) is 16.1. The van der Waals surface area contributed by atoms with Crippen molar-refractivity contribution >= 4 is 17.4 Å². The number of carbonyl (C=O) groups excluding carboxylic acids is 1. The van der Waals surface area contributed by atoms with Gasteiger partial charge in [-0.2, -0.15) is 0 Å². The van der Waals surface area contributed by atoms with E-state index in [0.717, 1.165) is 11.3 Å².